The van der Waals surface area contributed by atoms with E-state index in [1.165, 1.54) is 6.07 Å². The van der Waals surface area contributed by atoms with Gasteiger partial charge in [0.1, 0.15) is 6.04 Å². The average Bonchev–Trinajstić information content (AvgIpc) is 2.29. The van der Waals surface area contributed by atoms with Crippen molar-refractivity contribution in [2.24, 2.45) is 0 Å². The topological polar surface area (TPSA) is 52.9 Å². The molecule has 1 amide bonds. The first-order valence-corrected chi connectivity index (χ1v) is 5.49. The molecule has 0 saturated heterocycles. The summed E-state index contributed by atoms with van der Waals surface area (Å²) in [4.78, 5) is 11.7. The van der Waals surface area contributed by atoms with E-state index in [1.807, 2.05) is 13.0 Å². The molecule has 0 saturated carbocycles. The minimum absolute atomic E-state index is 0.319. The number of nitriles is 1. The van der Waals surface area contributed by atoms with Gasteiger partial charge in [-0.1, -0.05) is 30.1 Å². The van der Waals surface area contributed by atoms with E-state index in [-0.39, 0.29) is 5.91 Å². The van der Waals surface area contributed by atoms with E-state index in [4.69, 9.17) is 28.5 Å². The fraction of sp³-hybridized carbons (Fsp3) is 0.273. The van der Waals surface area contributed by atoms with Crippen LogP contribution in [0.2, 0.25) is 10.0 Å². The quantitative estimate of drug-likeness (QED) is 0.904. The Bertz CT molecular complexity index is 440. The van der Waals surface area contributed by atoms with Crippen LogP contribution in [-0.2, 0) is 0 Å². The van der Waals surface area contributed by atoms with Gasteiger partial charge in [0.15, 0.2) is 0 Å². The molecule has 0 radical (unpaired) electrons. The molecule has 16 heavy (non-hydrogen) atoms. The molecule has 1 unspecified atom stereocenters. The van der Waals surface area contributed by atoms with Crippen LogP contribution in [0.1, 0.15) is 23.7 Å². The number of benzene rings is 1. The van der Waals surface area contributed by atoms with Crippen molar-refractivity contribution < 1.29 is 4.79 Å². The summed E-state index contributed by atoms with van der Waals surface area (Å²) in [7, 11) is 0. The van der Waals surface area contributed by atoms with Crippen molar-refractivity contribution in [3.8, 4) is 6.07 Å². The van der Waals surface area contributed by atoms with Crippen molar-refractivity contribution in [1.29, 1.82) is 5.26 Å². The van der Waals surface area contributed by atoms with Crippen LogP contribution >= 0.6 is 23.2 Å². The molecule has 1 aromatic carbocycles. The molecule has 0 aliphatic rings. The molecule has 1 aromatic rings. The monoisotopic (exact) mass is 256 g/mol. The molecule has 0 bridgehead atoms. The highest BCUT2D eigenvalue weighted by Crippen LogP contribution is 2.22. The van der Waals surface area contributed by atoms with Gasteiger partial charge in [0.2, 0.25) is 0 Å². The van der Waals surface area contributed by atoms with Crippen LogP contribution in [0.15, 0.2) is 18.2 Å². The molecular formula is C11H10Cl2N2O. The van der Waals surface area contributed by atoms with Crippen LogP contribution in [0.3, 0.4) is 0 Å². The minimum atomic E-state index is -0.484. The van der Waals surface area contributed by atoms with E-state index in [9.17, 15) is 4.79 Å². The second kappa shape index (κ2) is 5.74. The summed E-state index contributed by atoms with van der Waals surface area (Å²) in [5.41, 5.74) is 0.392. The maximum Gasteiger partial charge on any atom is 0.252 e. The van der Waals surface area contributed by atoms with Gasteiger partial charge in [-0.15, -0.1) is 0 Å². The zero-order valence-corrected chi connectivity index (χ0v) is 10.1. The summed E-state index contributed by atoms with van der Waals surface area (Å²) in [5.74, 6) is -0.327. The highest BCUT2D eigenvalue weighted by molar-refractivity contribution is 6.42. The zero-order chi connectivity index (χ0) is 12.1. The van der Waals surface area contributed by atoms with Gasteiger partial charge < -0.3 is 5.32 Å². The fourth-order valence-corrected chi connectivity index (χ4v) is 1.40. The number of hydrogen-bond donors (Lipinski definition) is 1. The SMILES string of the molecule is CCC(C#N)NC(=O)c1ccc(Cl)c(Cl)c1. The van der Waals surface area contributed by atoms with E-state index >= 15 is 0 Å². The van der Waals surface area contributed by atoms with Gasteiger partial charge in [-0.25, -0.2) is 0 Å². The van der Waals surface area contributed by atoms with E-state index < -0.39 is 6.04 Å². The Morgan fingerprint density at radius 2 is 2.19 bits per heavy atom. The van der Waals surface area contributed by atoms with Gasteiger partial charge in [0, 0.05) is 5.56 Å². The number of carbonyl (C=O) groups is 1. The van der Waals surface area contributed by atoms with Crippen LogP contribution < -0.4 is 5.32 Å². The summed E-state index contributed by atoms with van der Waals surface area (Å²) in [5, 5.41) is 12.0. The lowest BCUT2D eigenvalue weighted by atomic mass is 10.2. The van der Waals surface area contributed by atoms with E-state index in [0.29, 0.717) is 22.0 Å². The van der Waals surface area contributed by atoms with E-state index in [1.54, 1.807) is 12.1 Å². The summed E-state index contributed by atoms with van der Waals surface area (Å²) >= 11 is 11.5. The summed E-state index contributed by atoms with van der Waals surface area (Å²) in [6, 6.07) is 6.09. The molecule has 0 aliphatic heterocycles. The first-order chi connectivity index (χ1) is 7.58. The molecule has 5 heteroatoms. The van der Waals surface area contributed by atoms with Crippen molar-refractivity contribution in [3.63, 3.8) is 0 Å². The Kier molecular flexibility index (Phi) is 4.60. The van der Waals surface area contributed by atoms with Gasteiger partial charge in [0.25, 0.3) is 5.91 Å². The Labute approximate surface area is 104 Å². The summed E-state index contributed by atoms with van der Waals surface area (Å²) in [6.07, 6.45) is 0.559. The Morgan fingerprint density at radius 1 is 1.50 bits per heavy atom. The zero-order valence-electron chi connectivity index (χ0n) is 8.63. The molecule has 3 nitrogen and oxygen atoms in total. The van der Waals surface area contributed by atoms with Crippen LogP contribution in [0.5, 0.6) is 0 Å². The van der Waals surface area contributed by atoms with Crippen molar-refractivity contribution in [3.05, 3.63) is 33.8 Å². The maximum absolute atomic E-state index is 11.7. The number of halogens is 2. The second-order valence-electron chi connectivity index (χ2n) is 3.19. The molecule has 0 spiro atoms. The molecule has 0 heterocycles. The number of amides is 1. The number of rotatable bonds is 3. The minimum Gasteiger partial charge on any atom is -0.336 e. The molecule has 84 valence electrons. The van der Waals surface area contributed by atoms with E-state index in [0.717, 1.165) is 0 Å². The van der Waals surface area contributed by atoms with Crippen LogP contribution in [0.4, 0.5) is 0 Å². The lowest BCUT2D eigenvalue weighted by molar-refractivity contribution is 0.0944. The van der Waals surface area contributed by atoms with Crippen molar-refractivity contribution in [1.82, 2.24) is 5.32 Å². The molecule has 0 aromatic heterocycles. The third kappa shape index (κ3) is 3.13. The first kappa shape index (κ1) is 12.8. The predicted octanol–water partition coefficient (Wildman–Crippen LogP) is 3.03. The van der Waals surface area contributed by atoms with Gasteiger partial charge in [0.05, 0.1) is 16.1 Å². The number of carbonyl (C=O) groups excluding carboxylic acids is 1. The van der Waals surface area contributed by atoms with Gasteiger partial charge in [-0.05, 0) is 24.6 Å². The van der Waals surface area contributed by atoms with Crippen LogP contribution in [-0.4, -0.2) is 11.9 Å². The normalized spacial score (nSPS) is 11.6. The second-order valence-corrected chi connectivity index (χ2v) is 4.01. The molecule has 1 rings (SSSR count). The van der Waals surface area contributed by atoms with Gasteiger partial charge in [-0.2, -0.15) is 5.26 Å². The third-order valence-electron chi connectivity index (χ3n) is 2.05. The standard InChI is InChI=1S/C11H10Cl2N2O/c1-2-8(6-14)15-11(16)7-3-4-9(12)10(13)5-7/h3-5,8H,2H2,1H3,(H,15,16). The highest BCUT2D eigenvalue weighted by atomic mass is 35.5. The molecule has 1 N–H and O–H groups in total. The first-order valence-electron chi connectivity index (χ1n) is 4.74. The van der Waals surface area contributed by atoms with Gasteiger partial charge in [-0.3, -0.25) is 4.79 Å². The van der Waals surface area contributed by atoms with E-state index in [2.05, 4.69) is 5.32 Å². The fourth-order valence-electron chi connectivity index (χ4n) is 1.10. The van der Waals surface area contributed by atoms with Crippen molar-refractivity contribution >= 4 is 29.1 Å². The number of nitrogens with one attached hydrogen (secondary N) is 1. The Hall–Kier alpha value is -1.24. The van der Waals surface area contributed by atoms with Gasteiger partial charge >= 0.3 is 0 Å². The predicted molar refractivity (Wildman–Crippen MR) is 63.6 cm³/mol. The average molecular weight is 257 g/mol. The maximum atomic E-state index is 11.7. The van der Waals surface area contributed by atoms with Crippen LogP contribution in [0.25, 0.3) is 0 Å². The molecule has 0 fully saturated rings. The largest absolute Gasteiger partial charge is 0.336 e. The van der Waals surface area contributed by atoms with Crippen molar-refractivity contribution in [2.45, 2.75) is 19.4 Å². The molecule has 1 atom stereocenters. The summed E-state index contributed by atoms with van der Waals surface area (Å²) in [6.45, 7) is 1.82. The number of nitrogens with zero attached hydrogens (tertiary/aromatic N) is 1. The van der Waals surface area contributed by atoms with Crippen molar-refractivity contribution in [2.75, 3.05) is 0 Å². The third-order valence-corrected chi connectivity index (χ3v) is 2.79. The summed E-state index contributed by atoms with van der Waals surface area (Å²) < 4.78 is 0. The van der Waals surface area contributed by atoms with Crippen LogP contribution in [0, 0.1) is 11.3 Å². The number of hydrogen-bond acceptors (Lipinski definition) is 2. The Balaban J connectivity index is 2.81. The smallest absolute Gasteiger partial charge is 0.252 e. The molecular weight excluding hydrogens is 247 g/mol. The lowest BCUT2D eigenvalue weighted by Crippen LogP contribution is -2.33. The Morgan fingerprint density at radius 3 is 2.69 bits per heavy atom. The lowest BCUT2D eigenvalue weighted by Gasteiger charge is -2.09. The highest BCUT2D eigenvalue weighted by Gasteiger charge is 2.12. The molecule has 0 aliphatic carbocycles.